The first kappa shape index (κ1) is 23.3. The van der Waals surface area contributed by atoms with E-state index in [0.717, 1.165) is 60.7 Å². The molecule has 0 radical (unpaired) electrons. The molecular weight excluding hydrogens is 444 g/mol. The molecule has 1 saturated heterocycles. The molecule has 10 heteroatoms. The van der Waals surface area contributed by atoms with Gasteiger partial charge >= 0.3 is 0 Å². The number of likely N-dealkylation sites (tertiary alicyclic amines) is 1. The van der Waals surface area contributed by atoms with E-state index in [1.54, 1.807) is 29.1 Å². The molecule has 0 spiro atoms. The lowest BCUT2D eigenvalue weighted by Gasteiger charge is -2.32. The summed E-state index contributed by atoms with van der Waals surface area (Å²) < 4.78 is 12.9. The van der Waals surface area contributed by atoms with Crippen LogP contribution >= 0.6 is 12.4 Å². The highest BCUT2D eigenvalue weighted by atomic mass is 35.5. The zero-order valence-electron chi connectivity index (χ0n) is 18.4. The van der Waals surface area contributed by atoms with Gasteiger partial charge in [0.1, 0.15) is 13.2 Å². The lowest BCUT2D eigenvalue weighted by molar-refractivity contribution is 0.170. The van der Waals surface area contributed by atoms with Gasteiger partial charge in [-0.05, 0) is 38.1 Å². The van der Waals surface area contributed by atoms with Gasteiger partial charge in [-0.15, -0.1) is 12.4 Å². The van der Waals surface area contributed by atoms with Crippen molar-refractivity contribution in [3.8, 4) is 11.5 Å². The Morgan fingerprint density at radius 2 is 1.82 bits per heavy atom. The Bertz CT molecular complexity index is 1160. The van der Waals surface area contributed by atoms with Gasteiger partial charge in [0.05, 0.1) is 34.8 Å². The molecule has 0 aliphatic carbocycles. The molecule has 1 fully saturated rings. The molecule has 5 heterocycles. The predicted octanol–water partition coefficient (Wildman–Crippen LogP) is 1.82. The predicted molar refractivity (Wildman–Crippen MR) is 129 cm³/mol. The number of nitrogens with one attached hydrogen (secondary N) is 1. The number of rotatable bonds is 6. The largest absolute Gasteiger partial charge is 0.486 e. The first-order valence-corrected chi connectivity index (χ1v) is 11.1. The minimum absolute atomic E-state index is 0. The Morgan fingerprint density at radius 1 is 1.03 bits per heavy atom. The normalized spacial score (nSPS) is 16.5. The molecule has 2 aliphatic rings. The van der Waals surface area contributed by atoms with Crippen LogP contribution in [0.1, 0.15) is 18.5 Å². The van der Waals surface area contributed by atoms with Crippen LogP contribution in [0.15, 0.2) is 41.5 Å². The number of halogens is 1. The van der Waals surface area contributed by atoms with Gasteiger partial charge in [0, 0.05) is 37.8 Å². The van der Waals surface area contributed by atoms with Crippen molar-refractivity contribution in [1.82, 2.24) is 24.8 Å². The van der Waals surface area contributed by atoms with Crippen molar-refractivity contribution in [2.45, 2.75) is 32.0 Å². The maximum Gasteiger partial charge on any atom is 0.251 e. The number of nitrogens with two attached hydrogens (primary N) is 1. The Morgan fingerprint density at radius 3 is 2.64 bits per heavy atom. The van der Waals surface area contributed by atoms with Gasteiger partial charge in [-0.1, -0.05) is 0 Å². The second kappa shape index (κ2) is 10.4. The third-order valence-electron chi connectivity index (χ3n) is 6.15. The van der Waals surface area contributed by atoms with Crippen LogP contribution in [0, 0.1) is 0 Å². The molecule has 0 saturated carbocycles. The fourth-order valence-corrected chi connectivity index (χ4v) is 4.35. The second-order valence-electron chi connectivity index (χ2n) is 8.31. The lowest BCUT2D eigenvalue weighted by Crippen LogP contribution is -2.43. The smallest absolute Gasteiger partial charge is 0.251 e. The summed E-state index contributed by atoms with van der Waals surface area (Å²) in [5.41, 5.74) is 8.97. The molecular formula is C23H29ClN6O3. The molecule has 33 heavy (non-hydrogen) atoms. The van der Waals surface area contributed by atoms with Crippen molar-refractivity contribution in [2.75, 3.05) is 38.6 Å². The number of ether oxygens (including phenoxy) is 2. The van der Waals surface area contributed by atoms with Crippen molar-refractivity contribution in [1.29, 1.82) is 0 Å². The summed E-state index contributed by atoms with van der Waals surface area (Å²) in [6, 6.07) is 7.56. The number of hydrogen-bond acceptors (Lipinski definition) is 8. The van der Waals surface area contributed by atoms with Crippen molar-refractivity contribution in [3.63, 3.8) is 0 Å². The van der Waals surface area contributed by atoms with Gasteiger partial charge in [-0.3, -0.25) is 14.8 Å². The van der Waals surface area contributed by atoms with E-state index in [0.29, 0.717) is 38.0 Å². The van der Waals surface area contributed by atoms with E-state index in [2.05, 4.69) is 20.2 Å². The number of piperidine rings is 1. The molecule has 0 aromatic carbocycles. The quantitative estimate of drug-likeness (QED) is 0.559. The van der Waals surface area contributed by atoms with E-state index in [4.69, 9.17) is 15.2 Å². The SMILES string of the molecule is Cl.Nc1cnc2ccc(=O)n(CCN3CCC(NCc4cc5c(cn4)OCCO5)CC3)c2c1. The van der Waals surface area contributed by atoms with E-state index >= 15 is 0 Å². The highest BCUT2D eigenvalue weighted by molar-refractivity contribution is 5.85. The van der Waals surface area contributed by atoms with Crippen molar-refractivity contribution < 1.29 is 9.47 Å². The molecule has 5 rings (SSSR count). The summed E-state index contributed by atoms with van der Waals surface area (Å²) in [5, 5.41) is 3.62. The average molecular weight is 473 g/mol. The minimum Gasteiger partial charge on any atom is -0.486 e. The van der Waals surface area contributed by atoms with E-state index < -0.39 is 0 Å². The fourth-order valence-electron chi connectivity index (χ4n) is 4.35. The van der Waals surface area contributed by atoms with Crippen molar-refractivity contribution >= 4 is 29.1 Å². The van der Waals surface area contributed by atoms with Crippen LogP contribution in [-0.2, 0) is 13.1 Å². The van der Waals surface area contributed by atoms with Crippen LogP contribution in [0.25, 0.3) is 11.0 Å². The fraction of sp³-hybridized carbons (Fsp3) is 0.435. The number of aromatic nitrogens is 3. The number of nitrogen functional groups attached to an aromatic ring is 1. The molecule has 3 aromatic rings. The van der Waals surface area contributed by atoms with E-state index in [1.807, 2.05) is 12.1 Å². The third kappa shape index (κ3) is 5.38. The molecule has 9 nitrogen and oxygen atoms in total. The summed E-state index contributed by atoms with van der Waals surface area (Å²) >= 11 is 0. The van der Waals surface area contributed by atoms with E-state index in [1.165, 1.54) is 0 Å². The van der Waals surface area contributed by atoms with Crippen LogP contribution in [0.4, 0.5) is 5.69 Å². The summed E-state index contributed by atoms with van der Waals surface area (Å²) in [7, 11) is 0. The summed E-state index contributed by atoms with van der Waals surface area (Å²) in [6.45, 7) is 5.30. The first-order valence-electron chi connectivity index (χ1n) is 11.1. The zero-order chi connectivity index (χ0) is 21.9. The van der Waals surface area contributed by atoms with Gasteiger partial charge in [-0.25, -0.2) is 0 Å². The topological polar surface area (TPSA) is 108 Å². The van der Waals surface area contributed by atoms with Gasteiger partial charge in [0.2, 0.25) is 0 Å². The highest BCUT2D eigenvalue weighted by Gasteiger charge is 2.20. The minimum atomic E-state index is -0.0200. The van der Waals surface area contributed by atoms with E-state index in [9.17, 15) is 4.79 Å². The second-order valence-corrected chi connectivity index (χ2v) is 8.31. The molecule has 3 N–H and O–H groups in total. The van der Waals surface area contributed by atoms with Crippen LogP contribution in [-0.4, -0.2) is 58.3 Å². The van der Waals surface area contributed by atoms with Crippen LogP contribution in [0.3, 0.4) is 0 Å². The molecule has 0 amide bonds. The Labute approximate surface area is 198 Å². The summed E-state index contributed by atoms with van der Waals surface area (Å²) in [6.07, 6.45) is 5.48. The third-order valence-corrected chi connectivity index (χ3v) is 6.15. The number of anilines is 1. The molecule has 0 atom stereocenters. The molecule has 0 bridgehead atoms. The van der Waals surface area contributed by atoms with Crippen LogP contribution in [0.5, 0.6) is 11.5 Å². The monoisotopic (exact) mass is 472 g/mol. The molecule has 0 unspecified atom stereocenters. The van der Waals surface area contributed by atoms with Gasteiger partial charge in [0.15, 0.2) is 11.5 Å². The Balaban J connectivity index is 0.00000259. The van der Waals surface area contributed by atoms with Crippen molar-refractivity contribution in [2.24, 2.45) is 0 Å². The standard InChI is InChI=1S/C23H28N6O3.ClH/c24-16-11-20-19(27-13-16)1-2-23(30)29(20)8-7-28-5-3-17(4-6-28)25-14-18-12-21-22(15-26-18)32-10-9-31-21;/h1-2,11-13,15,17,25H,3-10,14,24H2;1H. The van der Waals surface area contributed by atoms with Crippen LogP contribution in [0.2, 0.25) is 0 Å². The number of hydrogen-bond donors (Lipinski definition) is 2. The average Bonchev–Trinajstić information content (AvgIpc) is 2.82. The molecule has 2 aliphatic heterocycles. The Kier molecular flexibility index (Phi) is 7.32. The first-order chi connectivity index (χ1) is 15.7. The maximum atomic E-state index is 12.4. The molecule has 176 valence electrons. The molecule has 3 aromatic heterocycles. The Hall–Kier alpha value is -2.88. The van der Waals surface area contributed by atoms with Gasteiger partial charge in [-0.2, -0.15) is 0 Å². The summed E-state index contributed by atoms with van der Waals surface area (Å²) in [5.74, 6) is 1.50. The highest BCUT2D eigenvalue weighted by Crippen LogP contribution is 2.29. The number of fused-ring (bicyclic) bond motifs is 2. The van der Waals surface area contributed by atoms with E-state index in [-0.39, 0.29) is 18.0 Å². The lowest BCUT2D eigenvalue weighted by atomic mass is 10.0. The number of nitrogens with zero attached hydrogens (tertiary/aromatic N) is 4. The zero-order valence-corrected chi connectivity index (χ0v) is 19.2. The van der Waals surface area contributed by atoms with Gasteiger partial charge < -0.3 is 30.0 Å². The van der Waals surface area contributed by atoms with Crippen LogP contribution < -0.4 is 26.1 Å². The maximum absolute atomic E-state index is 12.4. The number of pyridine rings is 3. The summed E-state index contributed by atoms with van der Waals surface area (Å²) in [4.78, 5) is 23.6. The van der Waals surface area contributed by atoms with Crippen molar-refractivity contribution in [3.05, 3.63) is 52.7 Å². The van der Waals surface area contributed by atoms with Gasteiger partial charge in [0.25, 0.3) is 5.56 Å².